The fourth-order valence-electron chi connectivity index (χ4n) is 0.561. The maximum atomic E-state index is 8.39. The van der Waals surface area contributed by atoms with Crippen LogP contribution in [0.2, 0.25) is 0 Å². The van der Waals surface area contributed by atoms with Gasteiger partial charge in [0.05, 0.1) is 18.3 Å². The molecule has 0 bridgehead atoms. The fourth-order valence-corrected chi connectivity index (χ4v) is 0.561. The number of hydrogen-bond acceptors (Lipinski definition) is 12. The summed E-state index contributed by atoms with van der Waals surface area (Å²) < 4.78 is 0. The van der Waals surface area contributed by atoms with Crippen molar-refractivity contribution in [2.75, 3.05) is 19.8 Å². The molecule has 0 aromatic rings. The molecule has 0 spiro atoms. The molecule has 0 heterocycles. The van der Waals surface area contributed by atoms with Gasteiger partial charge in [-0.1, -0.05) is 0 Å². The van der Waals surface area contributed by atoms with Gasteiger partial charge in [0.25, 0.3) is 0 Å². The van der Waals surface area contributed by atoms with Crippen molar-refractivity contribution in [1.29, 1.82) is 0 Å². The molecular weight excluding hydrogens is 358 g/mol. The Morgan fingerprint density at radius 3 is 0.615 bits per heavy atom. The number of aliphatic hydroxyl groups excluding tert-OH is 6. The lowest BCUT2D eigenvalue weighted by Gasteiger charge is -1.95. The molecule has 0 radical (unpaired) electrons. The van der Waals surface area contributed by atoms with Crippen LogP contribution >= 0.6 is 0 Å². The van der Waals surface area contributed by atoms with Crippen LogP contribution in [0.4, 0.5) is 0 Å². The molecule has 26 heavy (non-hydrogen) atoms. The summed E-state index contributed by atoms with van der Waals surface area (Å²) in [6, 6.07) is 0. The first kappa shape index (κ1) is 36.5. The smallest absolute Gasteiger partial charge is 0.402 e. The van der Waals surface area contributed by atoms with E-state index in [9.17, 15) is 0 Å². The van der Waals surface area contributed by atoms with Crippen LogP contribution in [0.1, 0.15) is 40.0 Å². The molecule has 0 aliphatic carbocycles. The summed E-state index contributed by atoms with van der Waals surface area (Å²) in [4.78, 5) is 0. The lowest BCUT2D eigenvalue weighted by Crippen LogP contribution is -2.07. The molecule has 3 atom stereocenters. The van der Waals surface area contributed by atoms with E-state index in [1.807, 2.05) is 0 Å². The van der Waals surface area contributed by atoms with Gasteiger partial charge in [-0.25, -0.2) is 0 Å². The summed E-state index contributed by atoms with van der Waals surface area (Å²) >= 11 is 0. The Morgan fingerprint density at radius 2 is 0.615 bits per heavy atom. The summed E-state index contributed by atoms with van der Waals surface area (Å²) in [6.45, 7) is 5.19. The third-order valence-corrected chi connectivity index (χ3v) is 1.64. The van der Waals surface area contributed by atoms with Gasteiger partial charge in [-0.2, -0.15) is 0 Å². The Bertz CT molecular complexity index is 173. The quantitative estimate of drug-likeness (QED) is 0.190. The van der Waals surface area contributed by atoms with E-state index in [1.54, 1.807) is 20.8 Å². The van der Waals surface area contributed by atoms with E-state index in [0.717, 1.165) is 0 Å². The van der Waals surface area contributed by atoms with Crippen molar-refractivity contribution in [2.45, 2.75) is 58.3 Å². The minimum absolute atomic E-state index is 0.0810. The molecule has 3 unspecified atom stereocenters. The van der Waals surface area contributed by atoms with Gasteiger partial charge in [0.15, 0.2) is 0 Å². The number of hydrogen-bond donors (Lipinski definition) is 12. The van der Waals surface area contributed by atoms with Crippen LogP contribution < -0.4 is 0 Å². The monoisotopic (exact) mass is 394 g/mol. The zero-order chi connectivity index (χ0) is 22.1. The first-order chi connectivity index (χ1) is 11.8. The molecule has 0 aliphatic heterocycles. The summed E-state index contributed by atoms with van der Waals surface area (Å²) in [7, 11) is -4.33. The summed E-state index contributed by atoms with van der Waals surface area (Å²) in [5.41, 5.74) is 0. The highest BCUT2D eigenvalue weighted by Crippen LogP contribution is 1.84. The first-order valence-corrected chi connectivity index (χ1v) is 7.73. The lowest BCUT2D eigenvalue weighted by molar-refractivity contribution is 0.148. The zero-order valence-electron chi connectivity index (χ0n) is 15.5. The summed E-state index contributed by atoms with van der Waals surface area (Å²) in [5, 5.41) is 92.4. The molecule has 0 fully saturated rings. The molecule has 0 aromatic heterocycles. The first-order valence-electron chi connectivity index (χ1n) is 7.73. The largest absolute Gasteiger partial charge is 0.631 e. The zero-order valence-corrected chi connectivity index (χ0v) is 15.5. The normalized spacial score (nSPS) is 12.1. The van der Waals surface area contributed by atoms with Crippen molar-refractivity contribution in [3.63, 3.8) is 0 Å². The van der Waals surface area contributed by atoms with Crippen molar-refractivity contribution in [2.24, 2.45) is 0 Å². The van der Waals surface area contributed by atoms with Crippen LogP contribution in [-0.2, 0) is 0 Å². The van der Waals surface area contributed by atoms with Crippen LogP contribution in [0.25, 0.3) is 0 Å². The van der Waals surface area contributed by atoms with Gasteiger partial charge in [0, 0.05) is 19.8 Å². The van der Waals surface area contributed by atoms with Gasteiger partial charge in [0.1, 0.15) is 0 Å². The summed E-state index contributed by atoms with van der Waals surface area (Å²) in [5.74, 6) is 0. The third kappa shape index (κ3) is 162. The second-order valence-corrected chi connectivity index (χ2v) is 4.78. The van der Waals surface area contributed by atoms with Gasteiger partial charge in [-0.05, 0) is 40.0 Å². The lowest BCUT2D eigenvalue weighted by atomic mass is 10.3. The minimum atomic E-state index is -2.17. The number of aliphatic hydroxyl groups is 6. The van der Waals surface area contributed by atoms with Gasteiger partial charge < -0.3 is 60.8 Å². The second kappa shape index (κ2) is 32.3. The van der Waals surface area contributed by atoms with E-state index in [4.69, 9.17) is 60.8 Å². The van der Waals surface area contributed by atoms with Gasteiger partial charge in [-0.15, -0.1) is 0 Å². The van der Waals surface area contributed by atoms with E-state index in [0.29, 0.717) is 19.3 Å². The molecule has 0 rings (SSSR count). The van der Waals surface area contributed by atoms with Crippen LogP contribution in [0.5, 0.6) is 0 Å². The van der Waals surface area contributed by atoms with Crippen LogP contribution in [0, 0.1) is 0 Å². The molecule has 12 N–H and O–H groups in total. The van der Waals surface area contributed by atoms with Crippen molar-refractivity contribution >= 4 is 14.6 Å². The topological polar surface area (TPSA) is 243 Å². The summed E-state index contributed by atoms with van der Waals surface area (Å²) in [6.07, 6.45) is 0.403. The maximum absolute atomic E-state index is 8.39. The van der Waals surface area contributed by atoms with E-state index < -0.39 is 14.6 Å². The van der Waals surface area contributed by atoms with Gasteiger partial charge >= 0.3 is 14.6 Å². The number of rotatable bonds is 6. The molecular formula is C12H36B2O12. The Kier molecular flexibility index (Phi) is 45.5. The Balaban J connectivity index is -0.0000000716. The molecule has 0 amide bonds. The van der Waals surface area contributed by atoms with E-state index >= 15 is 0 Å². The maximum Gasteiger partial charge on any atom is 0.631 e. The molecule has 14 heteroatoms. The highest BCUT2D eigenvalue weighted by atomic mass is 16.5. The van der Waals surface area contributed by atoms with Crippen molar-refractivity contribution in [1.82, 2.24) is 0 Å². The Labute approximate surface area is 154 Å². The second-order valence-electron chi connectivity index (χ2n) is 4.78. The van der Waals surface area contributed by atoms with Crippen molar-refractivity contribution in [3.05, 3.63) is 0 Å². The SMILES string of the molecule is CC(O)CCO.CC(O)CCO.CC(O)CCO.OB(O)O.OB(O)O. The Hall–Kier alpha value is -0.350. The molecule has 0 aromatic carbocycles. The Morgan fingerprint density at radius 1 is 0.500 bits per heavy atom. The molecule has 162 valence electrons. The molecule has 0 saturated heterocycles. The predicted molar refractivity (Wildman–Crippen MR) is 95.0 cm³/mol. The van der Waals surface area contributed by atoms with E-state index in [-0.39, 0.29) is 38.1 Å². The minimum Gasteiger partial charge on any atom is -0.402 e. The molecule has 0 saturated carbocycles. The van der Waals surface area contributed by atoms with Gasteiger partial charge in [-0.3, -0.25) is 0 Å². The van der Waals surface area contributed by atoms with Crippen LogP contribution in [-0.4, -0.2) is 114 Å². The fraction of sp³-hybridized carbons (Fsp3) is 1.00. The molecule has 0 aliphatic rings. The average molecular weight is 394 g/mol. The van der Waals surface area contributed by atoms with Crippen LogP contribution in [0.15, 0.2) is 0 Å². The van der Waals surface area contributed by atoms with Crippen LogP contribution in [0.3, 0.4) is 0 Å². The predicted octanol–water partition coefficient (Wildman–Crippen LogP) is -4.85. The van der Waals surface area contributed by atoms with E-state index in [2.05, 4.69) is 0 Å². The average Bonchev–Trinajstić information content (AvgIpc) is 2.37. The van der Waals surface area contributed by atoms with Crippen molar-refractivity contribution in [3.8, 4) is 0 Å². The van der Waals surface area contributed by atoms with Gasteiger partial charge in [0.2, 0.25) is 0 Å². The van der Waals surface area contributed by atoms with Crippen molar-refractivity contribution < 1.29 is 60.8 Å². The third-order valence-electron chi connectivity index (χ3n) is 1.64. The highest BCUT2D eigenvalue weighted by molar-refractivity contribution is 6.30. The highest BCUT2D eigenvalue weighted by Gasteiger charge is 1.93. The standard InChI is InChI=1S/3C4H10O2.2BH3O3/c3*1-4(6)2-3-5;2*2-1(3)4/h3*4-6H,2-3H2,1H3;2*2-4H. The molecule has 12 nitrogen and oxygen atoms in total. The van der Waals surface area contributed by atoms with E-state index in [1.165, 1.54) is 0 Å².